The van der Waals surface area contributed by atoms with Crippen LogP contribution in [-0.4, -0.2) is 9.97 Å². The zero-order valence-electron chi connectivity index (χ0n) is 31.9. The zero-order chi connectivity index (χ0) is 38.3. The van der Waals surface area contributed by atoms with E-state index in [4.69, 9.17) is 9.97 Å². The van der Waals surface area contributed by atoms with Crippen LogP contribution in [-0.2, 0) is 5.41 Å². The quantitative estimate of drug-likeness (QED) is 0.156. The van der Waals surface area contributed by atoms with Crippen LogP contribution in [0.3, 0.4) is 0 Å². The van der Waals surface area contributed by atoms with Gasteiger partial charge in [0.1, 0.15) is 0 Å². The molecule has 10 rings (SSSR count). The van der Waals surface area contributed by atoms with Gasteiger partial charge in [-0.15, -0.1) is 0 Å². The van der Waals surface area contributed by atoms with E-state index in [1.165, 1.54) is 22.3 Å². The molecular formula is C53H40N4. The van der Waals surface area contributed by atoms with Crippen molar-refractivity contribution in [3.05, 3.63) is 217 Å². The van der Waals surface area contributed by atoms with Crippen molar-refractivity contribution in [2.75, 3.05) is 9.80 Å². The number of aromatic nitrogens is 2. The molecule has 9 aromatic rings. The number of hydrogen-bond acceptors (Lipinski definition) is 4. The van der Waals surface area contributed by atoms with E-state index in [9.17, 15) is 0 Å². The smallest absolute Gasteiger partial charge is 0.0973 e. The highest BCUT2D eigenvalue weighted by atomic mass is 15.2. The second kappa shape index (κ2) is 14.1. The van der Waals surface area contributed by atoms with Crippen LogP contribution >= 0.6 is 0 Å². The maximum Gasteiger partial charge on any atom is 0.0973 e. The first-order valence-electron chi connectivity index (χ1n) is 19.5. The van der Waals surface area contributed by atoms with Crippen molar-refractivity contribution in [3.63, 3.8) is 0 Å². The molecule has 272 valence electrons. The Morgan fingerprint density at radius 3 is 1.21 bits per heavy atom. The highest BCUT2D eigenvalue weighted by Gasteiger charge is 2.35. The summed E-state index contributed by atoms with van der Waals surface area (Å²) in [6, 6.07) is 72.9. The average molecular weight is 733 g/mol. The highest BCUT2D eigenvalue weighted by Crippen LogP contribution is 2.50. The summed E-state index contributed by atoms with van der Waals surface area (Å²) in [6.45, 7) is 4.64. The van der Waals surface area contributed by atoms with Crippen LogP contribution in [0.2, 0.25) is 0 Å². The summed E-state index contributed by atoms with van der Waals surface area (Å²) in [5, 5.41) is 0. The Labute approximate surface area is 334 Å². The summed E-state index contributed by atoms with van der Waals surface area (Å²) in [7, 11) is 0. The Bertz CT molecular complexity index is 2810. The third-order valence-corrected chi connectivity index (χ3v) is 11.2. The van der Waals surface area contributed by atoms with E-state index < -0.39 is 0 Å². The van der Waals surface area contributed by atoms with E-state index in [0.29, 0.717) is 0 Å². The third kappa shape index (κ3) is 6.12. The summed E-state index contributed by atoms with van der Waals surface area (Å²) in [4.78, 5) is 15.2. The summed E-state index contributed by atoms with van der Waals surface area (Å²) < 4.78 is 0. The highest BCUT2D eigenvalue weighted by molar-refractivity contribution is 5.90. The third-order valence-electron chi connectivity index (χ3n) is 11.2. The number of para-hydroxylation sites is 5. The van der Waals surface area contributed by atoms with E-state index in [-0.39, 0.29) is 5.41 Å². The minimum absolute atomic E-state index is 0.117. The van der Waals surface area contributed by atoms with E-state index in [2.05, 4.69) is 206 Å². The summed E-state index contributed by atoms with van der Waals surface area (Å²) in [5.41, 5.74) is 17.2. The van der Waals surface area contributed by atoms with E-state index in [1.807, 2.05) is 24.3 Å². The van der Waals surface area contributed by atoms with Crippen molar-refractivity contribution >= 4 is 45.2 Å². The van der Waals surface area contributed by atoms with Crippen LogP contribution in [0.4, 0.5) is 34.1 Å². The van der Waals surface area contributed by atoms with Gasteiger partial charge in [-0.2, -0.15) is 0 Å². The van der Waals surface area contributed by atoms with E-state index in [1.54, 1.807) is 0 Å². The number of anilines is 6. The van der Waals surface area contributed by atoms with Gasteiger partial charge >= 0.3 is 0 Å². The maximum atomic E-state index is 5.29. The molecule has 0 fully saturated rings. The average Bonchev–Trinajstić information content (AvgIpc) is 3.50. The molecule has 0 bridgehead atoms. The van der Waals surface area contributed by atoms with Crippen LogP contribution < -0.4 is 9.80 Å². The number of hydrogen-bond donors (Lipinski definition) is 0. The molecule has 57 heavy (non-hydrogen) atoms. The fourth-order valence-electron chi connectivity index (χ4n) is 8.40. The first kappa shape index (κ1) is 34.2. The lowest BCUT2D eigenvalue weighted by Crippen LogP contribution is -2.15. The summed E-state index contributed by atoms with van der Waals surface area (Å²) in [5.74, 6) is 0. The molecule has 0 saturated carbocycles. The van der Waals surface area contributed by atoms with Gasteiger partial charge in [-0.1, -0.05) is 129 Å². The molecule has 0 N–H and O–H groups in total. The van der Waals surface area contributed by atoms with Gasteiger partial charge in [-0.05, 0) is 113 Å². The van der Waals surface area contributed by atoms with E-state index in [0.717, 1.165) is 67.7 Å². The molecule has 0 spiro atoms. The number of benzene rings is 8. The molecule has 1 heterocycles. The fraction of sp³-hybridized carbons (Fsp3) is 0.0566. The Hall–Kier alpha value is -7.30. The van der Waals surface area contributed by atoms with Crippen molar-refractivity contribution < 1.29 is 0 Å². The topological polar surface area (TPSA) is 32.3 Å². The SMILES string of the molecule is CC1(C)c2ccccc2-c2ccc(-c3nc4ccccc4nc3-c3ccc(N(c4ccccc4)c4ccc(N(c5ccccc5)c5ccccc5)cc4)cc3)cc21. The molecule has 4 heteroatoms. The van der Waals surface area contributed by atoms with Crippen LogP contribution in [0.15, 0.2) is 206 Å². The lowest BCUT2D eigenvalue weighted by molar-refractivity contribution is 0.660. The van der Waals surface area contributed by atoms with Crippen LogP contribution in [0, 0.1) is 0 Å². The van der Waals surface area contributed by atoms with Gasteiger partial charge in [0.2, 0.25) is 0 Å². The zero-order valence-corrected chi connectivity index (χ0v) is 31.9. The van der Waals surface area contributed by atoms with Crippen LogP contribution in [0.5, 0.6) is 0 Å². The van der Waals surface area contributed by atoms with Gasteiger partial charge in [0.15, 0.2) is 0 Å². The Morgan fingerprint density at radius 2 is 0.702 bits per heavy atom. The molecule has 8 aromatic carbocycles. The van der Waals surface area contributed by atoms with E-state index >= 15 is 0 Å². The Morgan fingerprint density at radius 1 is 0.333 bits per heavy atom. The monoisotopic (exact) mass is 732 g/mol. The summed E-state index contributed by atoms with van der Waals surface area (Å²) in [6.07, 6.45) is 0. The molecule has 0 radical (unpaired) electrons. The number of nitrogens with zero attached hydrogens (tertiary/aromatic N) is 4. The molecule has 1 aliphatic carbocycles. The standard InChI is InChI=1S/C53H40N4/c1-53(2)47-23-13-12-22-45(47)46-35-28-38(36-48(46)53)52-51(54-49-24-14-15-25-50(49)55-52)37-26-29-42(30-27-37)57(41-20-10-5-11-21-41)44-33-31-43(32-34-44)56(39-16-6-3-7-17-39)40-18-8-4-9-19-40/h3-36H,1-2H3. The van der Waals surface area contributed by atoms with Crippen molar-refractivity contribution in [2.45, 2.75) is 19.3 Å². The van der Waals surface area contributed by atoms with Crippen molar-refractivity contribution in [1.29, 1.82) is 0 Å². The van der Waals surface area contributed by atoms with Gasteiger partial charge < -0.3 is 9.80 Å². The molecule has 0 aliphatic heterocycles. The Balaban J connectivity index is 1.04. The van der Waals surface area contributed by atoms with Crippen LogP contribution in [0.1, 0.15) is 25.0 Å². The molecule has 0 unspecified atom stereocenters. The van der Waals surface area contributed by atoms with Gasteiger partial charge in [0.25, 0.3) is 0 Å². The summed E-state index contributed by atoms with van der Waals surface area (Å²) >= 11 is 0. The van der Waals surface area contributed by atoms with Crippen LogP contribution in [0.25, 0.3) is 44.7 Å². The van der Waals surface area contributed by atoms with Gasteiger partial charge in [0, 0.05) is 50.7 Å². The maximum absolute atomic E-state index is 5.29. The molecule has 1 aromatic heterocycles. The first-order chi connectivity index (χ1) is 28.0. The van der Waals surface area contributed by atoms with Gasteiger partial charge in [-0.3, -0.25) is 0 Å². The van der Waals surface area contributed by atoms with Crippen molar-refractivity contribution in [3.8, 4) is 33.6 Å². The number of rotatable bonds is 8. The predicted molar refractivity (Wildman–Crippen MR) is 237 cm³/mol. The molecule has 0 saturated heterocycles. The largest absolute Gasteiger partial charge is 0.311 e. The molecule has 0 atom stereocenters. The van der Waals surface area contributed by atoms with Gasteiger partial charge in [0.05, 0.1) is 22.4 Å². The second-order valence-electron chi connectivity index (χ2n) is 15.1. The first-order valence-corrected chi connectivity index (χ1v) is 19.5. The minimum Gasteiger partial charge on any atom is -0.311 e. The predicted octanol–water partition coefficient (Wildman–Crippen LogP) is 14.2. The lowest BCUT2D eigenvalue weighted by atomic mass is 9.81. The minimum atomic E-state index is -0.117. The lowest BCUT2D eigenvalue weighted by Gasteiger charge is -2.28. The molecule has 0 amide bonds. The van der Waals surface area contributed by atoms with Crippen molar-refractivity contribution in [1.82, 2.24) is 9.97 Å². The Kier molecular flexibility index (Phi) is 8.45. The molecule has 1 aliphatic rings. The normalized spacial score (nSPS) is 12.5. The molecular weight excluding hydrogens is 693 g/mol. The molecule has 4 nitrogen and oxygen atoms in total. The van der Waals surface area contributed by atoms with Crippen molar-refractivity contribution in [2.24, 2.45) is 0 Å². The second-order valence-corrected chi connectivity index (χ2v) is 15.1. The fourth-order valence-corrected chi connectivity index (χ4v) is 8.40. The van der Waals surface area contributed by atoms with Gasteiger partial charge in [-0.25, -0.2) is 9.97 Å². The number of fused-ring (bicyclic) bond motifs is 4.